The molecule has 2 heterocycles. The molecule has 1 aliphatic carbocycles. The van der Waals surface area contributed by atoms with Gasteiger partial charge in [0.25, 0.3) is 8.32 Å². The number of likely N-dealkylation sites (tertiary alicyclic amines) is 1. The van der Waals surface area contributed by atoms with Crippen molar-refractivity contribution in [3.05, 3.63) is 90.5 Å². The molecule has 0 unspecified atom stereocenters. The second kappa shape index (κ2) is 11.6. The van der Waals surface area contributed by atoms with Crippen molar-refractivity contribution >= 4 is 30.5 Å². The van der Waals surface area contributed by atoms with Crippen molar-refractivity contribution in [3.8, 4) is 5.75 Å². The van der Waals surface area contributed by atoms with Crippen molar-refractivity contribution in [2.45, 2.75) is 63.9 Å². The number of carbonyl (C=O) groups is 2. The van der Waals surface area contributed by atoms with E-state index in [0.29, 0.717) is 25.8 Å². The van der Waals surface area contributed by atoms with Crippen molar-refractivity contribution in [3.63, 3.8) is 0 Å². The monoisotopic (exact) mass is 613 g/mol. The highest BCUT2D eigenvalue weighted by molar-refractivity contribution is 6.99. The van der Waals surface area contributed by atoms with E-state index in [2.05, 4.69) is 45.0 Å². The molecule has 232 valence electrons. The molecule has 2 amide bonds. The largest absolute Gasteiger partial charge is 0.508 e. The Morgan fingerprint density at radius 3 is 2.14 bits per heavy atom. The molecular formula is C36H43NO6Si. The zero-order valence-electron chi connectivity index (χ0n) is 26.0. The Kier molecular flexibility index (Phi) is 8.07. The SMILES string of the molecule is CCCN1C(=O)[C@H]2[C@H](C[C@H](CO[Si](c3ccccc3)(c3ccccc3)C(C)(C)C)[C@@]3(O)O[C@H](c4cccc(O)c4)C[C@@H]23)C1=O. The van der Waals surface area contributed by atoms with Crippen LogP contribution in [0, 0.1) is 23.7 Å². The maximum Gasteiger partial charge on any atom is 0.261 e. The van der Waals surface area contributed by atoms with Crippen LogP contribution < -0.4 is 10.4 Å². The van der Waals surface area contributed by atoms with Gasteiger partial charge < -0.3 is 19.4 Å². The van der Waals surface area contributed by atoms with Crippen LogP contribution in [0.1, 0.15) is 58.6 Å². The number of aromatic hydroxyl groups is 1. The molecule has 3 aliphatic rings. The minimum absolute atomic E-state index is 0.110. The standard InChI is InChI=1S/C36H43NO6Si/c1-5-19-37-33(39)29-21-25(36(41)30(32(29)34(37)40)22-31(43-36)24-13-12-14-26(38)20-24)23-42-44(35(2,3)4,27-15-8-6-9-16-27)28-17-10-7-11-18-28/h6-18,20,25,29-32,38,41H,5,19,21-23H2,1-4H3/t25-,29+,30+,31+,32+,36-/m1/s1. The number of aliphatic hydroxyl groups is 1. The molecule has 8 heteroatoms. The lowest BCUT2D eigenvalue weighted by Gasteiger charge is -2.48. The second-order valence-electron chi connectivity index (χ2n) is 13.7. The number of amides is 2. The Labute approximate surface area is 260 Å². The summed E-state index contributed by atoms with van der Waals surface area (Å²) in [5.74, 6) is -4.24. The quantitative estimate of drug-likeness (QED) is 0.281. The summed E-state index contributed by atoms with van der Waals surface area (Å²) in [5, 5.41) is 24.7. The van der Waals surface area contributed by atoms with E-state index in [9.17, 15) is 19.8 Å². The molecule has 2 aliphatic heterocycles. The van der Waals surface area contributed by atoms with E-state index in [1.807, 2.05) is 49.4 Å². The second-order valence-corrected chi connectivity index (χ2v) is 18.0. The van der Waals surface area contributed by atoms with Gasteiger partial charge in [-0.3, -0.25) is 14.5 Å². The summed E-state index contributed by atoms with van der Waals surface area (Å²) in [4.78, 5) is 28.8. The van der Waals surface area contributed by atoms with Crippen molar-refractivity contribution < 1.29 is 29.0 Å². The van der Waals surface area contributed by atoms with Gasteiger partial charge in [0.1, 0.15) is 5.75 Å². The normalized spacial score (nSPS) is 28.7. The molecule has 7 nitrogen and oxygen atoms in total. The van der Waals surface area contributed by atoms with Gasteiger partial charge in [0.05, 0.1) is 17.9 Å². The van der Waals surface area contributed by atoms with Gasteiger partial charge >= 0.3 is 0 Å². The third-order valence-corrected chi connectivity index (χ3v) is 15.1. The third-order valence-electron chi connectivity index (χ3n) is 10.1. The molecule has 3 aromatic carbocycles. The van der Waals surface area contributed by atoms with Gasteiger partial charge in [-0.2, -0.15) is 0 Å². The van der Waals surface area contributed by atoms with E-state index in [4.69, 9.17) is 9.16 Å². The first-order valence-corrected chi connectivity index (χ1v) is 17.7. The summed E-state index contributed by atoms with van der Waals surface area (Å²) in [6.07, 6.45) is 0.812. The number of carbonyl (C=O) groups excluding carboxylic acids is 2. The number of ether oxygens (including phenoxy) is 1. The number of rotatable bonds is 8. The molecule has 0 radical (unpaired) electrons. The Balaban J connectivity index is 1.41. The predicted octanol–water partition coefficient (Wildman–Crippen LogP) is 4.77. The van der Waals surface area contributed by atoms with E-state index < -0.39 is 43.9 Å². The summed E-state index contributed by atoms with van der Waals surface area (Å²) in [7, 11) is -2.95. The average molecular weight is 614 g/mol. The molecule has 6 rings (SSSR count). The summed E-state index contributed by atoms with van der Waals surface area (Å²) in [5.41, 5.74) is 0.734. The first-order valence-electron chi connectivity index (χ1n) is 15.8. The highest BCUT2D eigenvalue weighted by Gasteiger charge is 2.67. The highest BCUT2D eigenvalue weighted by Crippen LogP contribution is 2.58. The molecule has 2 saturated heterocycles. The number of imide groups is 1. The van der Waals surface area contributed by atoms with Crippen molar-refractivity contribution in [2.75, 3.05) is 13.2 Å². The zero-order valence-corrected chi connectivity index (χ0v) is 27.0. The van der Waals surface area contributed by atoms with Crippen LogP contribution in [0.15, 0.2) is 84.9 Å². The molecule has 0 aromatic heterocycles. The van der Waals surface area contributed by atoms with E-state index in [1.54, 1.807) is 18.2 Å². The maximum atomic E-state index is 13.7. The lowest BCUT2D eigenvalue weighted by Crippen LogP contribution is -2.67. The number of hydrogen-bond acceptors (Lipinski definition) is 6. The van der Waals surface area contributed by atoms with Gasteiger partial charge in [-0.25, -0.2) is 0 Å². The molecule has 3 aromatic rings. The average Bonchev–Trinajstić information content (AvgIpc) is 3.48. The fourth-order valence-corrected chi connectivity index (χ4v) is 12.7. The first-order chi connectivity index (χ1) is 21.0. The van der Waals surface area contributed by atoms with Crippen LogP contribution in [0.3, 0.4) is 0 Å². The van der Waals surface area contributed by atoms with Crippen LogP contribution in [0.25, 0.3) is 0 Å². The molecule has 6 atom stereocenters. The fraction of sp³-hybridized carbons (Fsp3) is 0.444. The molecule has 0 spiro atoms. The Morgan fingerprint density at radius 2 is 1.57 bits per heavy atom. The van der Waals surface area contributed by atoms with E-state index in [0.717, 1.165) is 15.9 Å². The predicted molar refractivity (Wildman–Crippen MR) is 171 cm³/mol. The fourth-order valence-electron chi connectivity index (χ4n) is 8.10. The van der Waals surface area contributed by atoms with Gasteiger partial charge in [0, 0.05) is 25.0 Å². The van der Waals surface area contributed by atoms with E-state index >= 15 is 0 Å². The maximum absolute atomic E-state index is 13.7. The Bertz CT molecular complexity index is 1470. The molecular weight excluding hydrogens is 570 g/mol. The topological polar surface area (TPSA) is 96.3 Å². The third kappa shape index (κ3) is 4.92. The molecule has 2 N–H and O–H groups in total. The summed E-state index contributed by atoms with van der Waals surface area (Å²) in [6.45, 7) is 9.12. The minimum Gasteiger partial charge on any atom is -0.508 e. The molecule has 0 bridgehead atoms. The number of phenolic OH excluding ortho intramolecular Hbond substituents is 1. The molecule has 3 fully saturated rings. The van der Waals surface area contributed by atoms with Crippen LogP contribution in [-0.4, -0.2) is 54.2 Å². The van der Waals surface area contributed by atoms with E-state index in [1.165, 1.54) is 4.90 Å². The number of nitrogens with zero attached hydrogens (tertiary/aromatic N) is 1. The Morgan fingerprint density at radius 1 is 0.932 bits per heavy atom. The highest BCUT2D eigenvalue weighted by atomic mass is 28.4. The van der Waals surface area contributed by atoms with Crippen LogP contribution in [-0.2, 0) is 18.8 Å². The number of benzene rings is 3. The van der Waals surface area contributed by atoms with E-state index in [-0.39, 0.29) is 29.2 Å². The zero-order chi connectivity index (χ0) is 31.3. The van der Waals surface area contributed by atoms with Gasteiger partial charge in [0.15, 0.2) is 5.79 Å². The smallest absolute Gasteiger partial charge is 0.261 e. The van der Waals surface area contributed by atoms with Crippen molar-refractivity contribution in [2.24, 2.45) is 23.7 Å². The van der Waals surface area contributed by atoms with Crippen LogP contribution in [0.4, 0.5) is 0 Å². The lowest BCUT2D eigenvalue weighted by atomic mass is 9.64. The number of phenols is 1. The summed E-state index contributed by atoms with van der Waals surface area (Å²) >= 11 is 0. The Hall–Kier alpha value is -3.30. The van der Waals surface area contributed by atoms with Crippen LogP contribution in [0.5, 0.6) is 5.75 Å². The number of hydrogen-bond donors (Lipinski definition) is 2. The van der Waals surface area contributed by atoms with Crippen molar-refractivity contribution in [1.82, 2.24) is 4.90 Å². The van der Waals surface area contributed by atoms with Gasteiger partial charge in [-0.15, -0.1) is 0 Å². The van der Waals surface area contributed by atoms with Gasteiger partial charge in [-0.1, -0.05) is 100 Å². The number of fused-ring (bicyclic) bond motifs is 3. The van der Waals surface area contributed by atoms with Crippen molar-refractivity contribution in [1.29, 1.82) is 0 Å². The van der Waals surface area contributed by atoms with Crippen LogP contribution >= 0.6 is 0 Å². The summed E-state index contributed by atoms with van der Waals surface area (Å²) < 4.78 is 13.8. The van der Waals surface area contributed by atoms with Crippen LogP contribution in [0.2, 0.25) is 5.04 Å². The van der Waals surface area contributed by atoms with Gasteiger partial charge in [0.2, 0.25) is 11.8 Å². The lowest BCUT2D eigenvalue weighted by molar-refractivity contribution is -0.273. The first kappa shape index (κ1) is 30.7. The molecule has 1 saturated carbocycles. The minimum atomic E-state index is -2.95. The summed E-state index contributed by atoms with van der Waals surface area (Å²) in [6, 6.07) is 27.5. The molecule has 44 heavy (non-hydrogen) atoms. The van der Waals surface area contributed by atoms with Gasteiger partial charge in [-0.05, 0) is 52.4 Å².